The molecular formula is C17H22BrF2N. The molecule has 3 atom stereocenters. The Morgan fingerprint density at radius 1 is 1.19 bits per heavy atom. The second kappa shape index (κ2) is 6.33. The minimum absolute atomic E-state index is 0.0411. The summed E-state index contributed by atoms with van der Waals surface area (Å²) in [4.78, 5) is 0. The molecule has 0 bridgehead atoms. The maximum absolute atomic E-state index is 14.3. The van der Waals surface area contributed by atoms with Gasteiger partial charge in [-0.05, 0) is 71.6 Å². The molecule has 2 saturated carbocycles. The number of benzene rings is 1. The lowest BCUT2D eigenvalue weighted by Crippen LogP contribution is -2.26. The first kappa shape index (κ1) is 15.4. The quantitative estimate of drug-likeness (QED) is 0.713. The Morgan fingerprint density at radius 2 is 1.86 bits per heavy atom. The van der Waals surface area contributed by atoms with E-state index < -0.39 is 0 Å². The van der Waals surface area contributed by atoms with Crippen LogP contribution < -0.4 is 5.32 Å². The fraction of sp³-hybridized carbons (Fsp3) is 0.647. The van der Waals surface area contributed by atoms with Crippen molar-refractivity contribution in [1.82, 2.24) is 5.32 Å². The zero-order valence-corrected chi connectivity index (χ0v) is 13.9. The average Bonchev–Trinajstić information content (AvgIpc) is 3.19. The van der Waals surface area contributed by atoms with E-state index in [1.807, 2.05) is 0 Å². The average molecular weight is 358 g/mol. The van der Waals surface area contributed by atoms with E-state index in [-0.39, 0.29) is 22.1 Å². The molecule has 0 heterocycles. The van der Waals surface area contributed by atoms with Gasteiger partial charge >= 0.3 is 0 Å². The van der Waals surface area contributed by atoms with Gasteiger partial charge < -0.3 is 5.32 Å². The molecule has 3 unspecified atom stereocenters. The molecule has 0 aromatic heterocycles. The van der Waals surface area contributed by atoms with E-state index in [2.05, 4.69) is 28.2 Å². The highest BCUT2D eigenvalue weighted by Crippen LogP contribution is 2.60. The molecule has 0 amide bonds. The van der Waals surface area contributed by atoms with Gasteiger partial charge in [0.15, 0.2) is 0 Å². The molecule has 0 spiro atoms. The zero-order chi connectivity index (χ0) is 15.0. The van der Waals surface area contributed by atoms with Crippen molar-refractivity contribution in [3.63, 3.8) is 0 Å². The third kappa shape index (κ3) is 3.02. The minimum atomic E-state index is -0.377. The Hall–Kier alpha value is -0.480. The molecule has 116 valence electrons. The molecule has 0 saturated heterocycles. The molecule has 1 N–H and O–H groups in total. The summed E-state index contributed by atoms with van der Waals surface area (Å²) in [7, 11) is 0. The first-order valence-electron chi connectivity index (χ1n) is 8.01. The van der Waals surface area contributed by atoms with Gasteiger partial charge in [0.1, 0.15) is 11.6 Å². The first-order valence-corrected chi connectivity index (χ1v) is 8.80. The molecule has 3 rings (SSSR count). The van der Waals surface area contributed by atoms with Gasteiger partial charge in [0.05, 0.1) is 4.47 Å². The van der Waals surface area contributed by atoms with Crippen LogP contribution in [0, 0.1) is 29.4 Å². The number of halogens is 3. The Balaban J connectivity index is 1.87. The summed E-state index contributed by atoms with van der Waals surface area (Å²) in [6, 6.07) is 2.59. The summed E-state index contributed by atoms with van der Waals surface area (Å²) in [5.41, 5.74) is 0.503. The van der Waals surface area contributed by atoms with Gasteiger partial charge in [0.2, 0.25) is 0 Å². The molecule has 1 aromatic carbocycles. The number of hydrogen-bond acceptors (Lipinski definition) is 1. The van der Waals surface area contributed by atoms with Gasteiger partial charge in [-0.25, -0.2) is 8.78 Å². The molecular weight excluding hydrogens is 336 g/mol. The van der Waals surface area contributed by atoms with Crippen molar-refractivity contribution in [2.45, 2.75) is 45.1 Å². The summed E-state index contributed by atoms with van der Waals surface area (Å²) >= 11 is 3.06. The summed E-state index contributed by atoms with van der Waals surface area (Å²) in [6.07, 6.45) is 6.07. The second-order valence-electron chi connectivity index (χ2n) is 6.41. The van der Waals surface area contributed by atoms with Crippen molar-refractivity contribution in [1.29, 1.82) is 0 Å². The van der Waals surface area contributed by atoms with Gasteiger partial charge in [0, 0.05) is 11.6 Å². The molecule has 2 aliphatic carbocycles. The molecule has 0 aliphatic heterocycles. The van der Waals surface area contributed by atoms with E-state index in [0.29, 0.717) is 23.3 Å². The molecule has 1 nitrogen and oxygen atoms in total. The van der Waals surface area contributed by atoms with Crippen LogP contribution in [0.15, 0.2) is 16.6 Å². The van der Waals surface area contributed by atoms with E-state index in [4.69, 9.17) is 0 Å². The van der Waals surface area contributed by atoms with Crippen molar-refractivity contribution in [3.8, 4) is 0 Å². The van der Waals surface area contributed by atoms with Crippen molar-refractivity contribution in [2.24, 2.45) is 17.8 Å². The standard InChI is InChI=1S/C17H22BrF2N/c1-2-7-21-17(16-10-5-3-4-6-11(10)16)12-8-15(20)13(18)9-14(12)19/h8-11,16-17,21H,2-7H2,1H3. The van der Waals surface area contributed by atoms with Crippen LogP contribution in [0.2, 0.25) is 0 Å². The Kier molecular flexibility index (Phi) is 4.65. The van der Waals surface area contributed by atoms with Crippen molar-refractivity contribution < 1.29 is 8.78 Å². The van der Waals surface area contributed by atoms with Gasteiger partial charge in [0.25, 0.3) is 0 Å². The summed E-state index contributed by atoms with van der Waals surface area (Å²) in [5.74, 6) is 1.21. The summed E-state index contributed by atoms with van der Waals surface area (Å²) in [5, 5.41) is 3.47. The number of fused-ring (bicyclic) bond motifs is 1. The number of rotatable bonds is 5. The van der Waals surface area contributed by atoms with E-state index in [0.717, 1.165) is 13.0 Å². The monoisotopic (exact) mass is 357 g/mol. The number of nitrogens with one attached hydrogen (secondary N) is 1. The summed E-state index contributed by atoms with van der Waals surface area (Å²) < 4.78 is 28.4. The Labute approximate surface area is 133 Å². The smallest absolute Gasteiger partial charge is 0.137 e. The van der Waals surface area contributed by atoms with Gasteiger partial charge in [-0.2, -0.15) is 0 Å². The van der Waals surface area contributed by atoms with Crippen molar-refractivity contribution in [3.05, 3.63) is 33.8 Å². The fourth-order valence-electron chi connectivity index (χ4n) is 4.07. The SMILES string of the molecule is CCCNC(c1cc(F)c(Br)cc1F)C1C2CCCCC21. The van der Waals surface area contributed by atoms with Crippen LogP contribution in [0.1, 0.15) is 50.6 Å². The highest BCUT2D eigenvalue weighted by atomic mass is 79.9. The molecule has 21 heavy (non-hydrogen) atoms. The molecule has 2 aliphatic rings. The van der Waals surface area contributed by atoms with Crippen molar-refractivity contribution >= 4 is 15.9 Å². The third-order valence-electron chi connectivity index (χ3n) is 5.10. The topological polar surface area (TPSA) is 12.0 Å². The zero-order valence-electron chi connectivity index (χ0n) is 12.3. The van der Waals surface area contributed by atoms with Crippen LogP contribution in [-0.4, -0.2) is 6.54 Å². The molecule has 0 radical (unpaired) electrons. The lowest BCUT2D eigenvalue weighted by atomic mass is 9.98. The van der Waals surface area contributed by atoms with Crippen LogP contribution in [0.3, 0.4) is 0 Å². The van der Waals surface area contributed by atoms with Crippen LogP contribution >= 0.6 is 15.9 Å². The number of hydrogen-bond donors (Lipinski definition) is 1. The summed E-state index contributed by atoms with van der Waals surface area (Å²) in [6.45, 7) is 2.94. The maximum Gasteiger partial charge on any atom is 0.137 e. The second-order valence-corrected chi connectivity index (χ2v) is 7.26. The molecule has 1 aromatic rings. The highest BCUT2D eigenvalue weighted by Gasteiger charge is 2.54. The van der Waals surface area contributed by atoms with E-state index in [1.54, 1.807) is 0 Å². The van der Waals surface area contributed by atoms with Crippen LogP contribution in [0.5, 0.6) is 0 Å². The van der Waals surface area contributed by atoms with Gasteiger partial charge in [-0.15, -0.1) is 0 Å². The third-order valence-corrected chi connectivity index (χ3v) is 5.70. The Bertz CT molecular complexity index is 508. The van der Waals surface area contributed by atoms with Gasteiger partial charge in [-0.3, -0.25) is 0 Å². The van der Waals surface area contributed by atoms with Crippen molar-refractivity contribution in [2.75, 3.05) is 6.54 Å². The van der Waals surface area contributed by atoms with E-state index >= 15 is 0 Å². The van der Waals surface area contributed by atoms with Gasteiger partial charge in [-0.1, -0.05) is 19.8 Å². The first-order chi connectivity index (χ1) is 10.1. The fourth-order valence-corrected chi connectivity index (χ4v) is 4.39. The lowest BCUT2D eigenvalue weighted by molar-refractivity contribution is 0.424. The van der Waals surface area contributed by atoms with Crippen LogP contribution in [-0.2, 0) is 0 Å². The maximum atomic E-state index is 14.3. The predicted octanol–water partition coefficient (Wildman–Crippen LogP) is 5.20. The lowest BCUT2D eigenvalue weighted by Gasteiger charge is -2.21. The molecule has 2 fully saturated rings. The van der Waals surface area contributed by atoms with E-state index in [9.17, 15) is 8.78 Å². The Morgan fingerprint density at radius 3 is 2.48 bits per heavy atom. The predicted molar refractivity (Wildman–Crippen MR) is 84.0 cm³/mol. The van der Waals surface area contributed by atoms with Crippen LogP contribution in [0.4, 0.5) is 8.78 Å². The van der Waals surface area contributed by atoms with Crippen LogP contribution in [0.25, 0.3) is 0 Å². The highest BCUT2D eigenvalue weighted by molar-refractivity contribution is 9.10. The molecule has 4 heteroatoms. The largest absolute Gasteiger partial charge is 0.310 e. The minimum Gasteiger partial charge on any atom is -0.310 e. The van der Waals surface area contributed by atoms with E-state index in [1.165, 1.54) is 37.8 Å². The normalized spacial score (nSPS) is 29.0.